The lowest BCUT2D eigenvalue weighted by Gasteiger charge is -2.32. The van der Waals surface area contributed by atoms with Crippen LogP contribution in [-0.2, 0) is 24.7 Å². The summed E-state index contributed by atoms with van der Waals surface area (Å²) in [5.41, 5.74) is 5.95. The van der Waals surface area contributed by atoms with E-state index in [1.165, 1.54) is 30.4 Å². The van der Waals surface area contributed by atoms with E-state index in [0.29, 0.717) is 5.88 Å². The molecule has 0 bridgehead atoms. The Balaban J connectivity index is 1.92. The first-order valence-electron chi connectivity index (χ1n) is 7.99. The number of aryl methyl sites for hydroxylation is 2. The Morgan fingerprint density at radius 3 is 2.48 bits per heavy atom. The van der Waals surface area contributed by atoms with E-state index in [0.717, 1.165) is 12.8 Å². The van der Waals surface area contributed by atoms with Crippen molar-refractivity contribution in [2.24, 2.45) is 0 Å². The highest BCUT2D eigenvalue weighted by Crippen LogP contribution is 2.34. The number of rotatable bonds is 5. The fourth-order valence-electron chi connectivity index (χ4n) is 3.57. The van der Waals surface area contributed by atoms with E-state index in [4.69, 9.17) is 11.6 Å². The summed E-state index contributed by atoms with van der Waals surface area (Å²) in [6, 6.07) is 17.8. The van der Waals surface area contributed by atoms with Crippen molar-refractivity contribution in [1.82, 2.24) is 0 Å². The zero-order valence-corrected chi connectivity index (χ0v) is 13.5. The molecule has 1 unspecified atom stereocenters. The molecule has 0 heterocycles. The van der Waals surface area contributed by atoms with E-state index < -0.39 is 0 Å². The zero-order valence-electron chi connectivity index (χ0n) is 12.7. The molecule has 0 spiro atoms. The molecule has 1 aliphatic rings. The van der Waals surface area contributed by atoms with Crippen molar-refractivity contribution < 1.29 is 0 Å². The van der Waals surface area contributed by atoms with Gasteiger partial charge < -0.3 is 0 Å². The van der Waals surface area contributed by atoms with E-state index in [-0.39, 0.29) is 5.41 Å². The molecule has 0 N–H and O–H groups in total. The third kappa shape index (κ3) is 2.87. The highest BCUT2D eigenvalue weighted by molar-refractivity contribution is 6.18. The second-order valence-corrected chi connectivity index (χ2v) is 6.53. The molecule has 0 saturated heterocycles. The van der Waals surface area contributed by atoms with Crippen molar-refractivity contribution in [1.29, 1.82) is 0 Å². The van der Waals surface area contributed by atoms with Crippen LogP contribution >= 0.6 is 11.6 Å². The number of hydrogen-bond donors (Lipinski definition) is 0. The summed E-state index contributed by atoms with van der Waals surface area (Å²) >= 11 is 6.43. The highest BCUT2D eigenvalue weighted by Gasteiger charge is 2.30. The zero-order chi connectivity index (χ0) is 14.7. The number of benzene rings is 2. The molecular weight excluding hydrogens is 276 g/mol. The van der Waals surface area contributed by atoms with Gasteiger partial charge in [0.2, 0.25) is 0 Å². The topological polar surface area (TPSA) is 0 Å². The van der Waals surface area contributed by atoms with Crippen LogP contribution in [0.3, 0.4) is 0 Å². The molecule has 1 aliphatic carbocycles. The molecule has 1 heteroatoms. The average Bonchev–Trinajstić information content (AvgIpc) is 3.01. The summed E-state index contributed by atoms with van der Waals surface area (Å²) in [5, 5.41) is 0. The van der Waals surface area contributed by atoms with E-state index in [9.17, 15) is 0 Å². The van der Waals surface area contributed by atoms with Crippen molar-refractivity contribution >= 4 is 11.6 Å². The Labute approximate surface area is 133 Å². The van der Waals surface area contributed by atoms with Gasteiger partial charge in [0.1, 0.15) is 0 Å². The Bertz CT molecular complexity index is 596. The first kappa shape index (κ1) is 14.7. The maximum absolute atomic E-state index is 6.43. The first-order valence-corrected chi connectivity index (χ1v) is 8.53. The largest absolute Gasteiger partial charge is 0.126 e. The molecule has 3 rings (SSSR count). The molecule has 21 heavy (non-hydrogen) atoms. The lowest BCUT2D eigenvalue weighted by molar-refractivity contribution is 0.458. The van der Waals surface area contributed by atoms with Gasteiger partial charge in [0.15, 0.2) is 0 Å². The summed E-state index contributed by atoms with van der Waals surface area (Å²) in [6.07, 6.45) is 5.91. The third-order valence-electron chi connectivity index (χ3n) is 5.02. The fourth-order valence-corrected chi connectivity index (χ4v) is 4.01. The average molecular weight is 299 g/mol. The molecule has 0 amide bonds. The molecule has 0 radical (unpaired) electrons. The smallest absolute Gasteiger partial charge is 0.0323 e. The van der Waals surface area contributed by atoms with Crippen LogP contribution in [0, 0.1) is 0 Å². The van der Waals surface area contributed by atoms with Crippen molar-refractivity contribution in [3.05, 3.63) is 70.8 Å². The summed E-state index contributed by atoms with van der Waals surface area (Å²) in [4.78, 5) is 0. The molecule has 2 aromatic carbocycles. The quantitative estimate of drug-likeness (QED) is 0.657. The van der Waals surface area contributed by atoms with E-state index in [1.54, 1.807) is 11.1 Å². The van der Waals surface area contributed by atoms with Crippen LogP contribution in [0.1, 0.15) is 42.0 Å². The van der Waals surface area contributed by atoms with Crippen molar-refractivity contribution in [2.75, 3.05) is 5.88 Å². The van der Waals surface area contributed by atoms with Gasteiger partial charge in [-0.2, -0.15) is 0 Å². The van der Waals surface area contributed by atoms with Gasteiger partial charge in [-0.1, -0.05) is 55.5 Å². The van der Waals surface area contributed by atoms with Gasteiger partial charge >= 0.3 is 0 Å². The third-order valence-corrected chi connectivity index (χ3v) is 5.54. The number of fused-ring (bicyclic) bond motifs is 1. The predicted octanol–water partition coefficient (Wildman–Crippen LogP) is 5.30. The van der Waals surface area contributed by atoms with Gasteiger partial charge in [-0.3, -0.25) is 0 Å². The Hall–Kier alpha value is -1.27. The molecule has 1 atom stereocenters. The Morgan fingerprint density at radius 1 is 1.00 bits per heavy atom. The summed E-state index contributed by atoms with van der Waals surface area (Å²) < 4.78 is 0. The fraction of sp³-hybridized carbons (Fsp3) is 0.400. The second kappa shape index (κ2) is 6.23. The van der Waals surface area contributed by atoms with Gasteiger partial charge in [-0.15, -0.1) is 11.6 Å². The van der Waals surface area contributed by atoms with Gasteiger partial charge in [0, 0.05) is 11.3 Å². The lowest BCUT2D eigenvalue weighted by Crippen LogP contribution is -2.30. The SMILES string of the molecule is CCC(CCl)(Cc1ccc2c(c1)CCC2)c1ccccc1. The Morgan fingerprint density at radius 2 is 1.76 bits per heavy atom. The molecule has 0 nitrogen and oxygen atoms in total. The van der Waals surface area contributed by atoms with Gasteiger partial charge in [-0.25, -0.2) is 0 Å². The second-order valence-electron chi connectivity index (χ2n) is 6.27. The van der Waals surface area contributed by atoms with Crippen LogP contribution in [-0.4, -0.2) is 5.88 Å². The number of hydrogen-bond acceptors (Lipinski definition) is 0. The molecule has 0 aliphatic heterocycles. The summed E-state index contributed by atoms with van der Waals surface area (Å²) in [5.74, 6) is 0.671. The predicted molar refractivity (Wildman–Crippen MR) is 91.3 cm³/mol. The molecule has 0 fully saturated rings. The lowest BCUT2D eigenvalue weighted by atomic mass is 9.75. The summed E-state index contributed by atoms with van der Waals surface area (Å²) in [6.45, 7) is 2.25. The van der Waals surface area contributed by atoms with Crippen molar-refractivity contribution in [2.45, 2.75) is 44.4 Å². The minimum atomic E-state index is 0.0512. The van der Waals surface area contributed by atoms with Crippen molar-refractivity contribution in [3.8, 4) is 0 Å². The molecular formula is C20H23Cl. The van der Waals surface area contributed by atoms with Crippen molar-refractivity contribution in [3.63, 3.8) is 0 Å². The van der Waals surface area contributed by atoms with Crippen LogP contribution in [0.25, 0.3) is 0 Å². The number of halogens is 1. The first-order chi connectivity index (χ1) is 10.3. The summed E-state index contributed by atoms with van der Waals surface area (Å²) in [7, 11) is 0. The van der Waals surface area contributed by atoms with Gasteiger partial charge in [-0.05, 0) is 54.4 Å². The molecule has 2 aromatic rings. The van der Waals surface area contributed by atoms with Crippen LogP contribution in [0.2, 0.25) is 0 Å². The highest BCUT2D eigenvalue weighted by atomic mass is 35.5. The van der Waals surface area contributed by atoms with E-state index >= 15 is 0 Å². The molecule has 110 valence electrons. The minimum absolute atomic E-state index is 0.0512. The molecule has 0 saturated carbocycles. The monoisotopic (exact) mass is 298 g/mol. The van der Waals surface area contributed by atoms with Crippen LogP contribution in [0.4, 0.5) is 0 Å². The van der Waals surface area contributed by atoms with Gasteiger partial charge in [0.05, 0.1) is 0 Å². The standard InChI is InChI=1S/C20H23Cl/c1-2-20(15-21,19-9-4-3-5-10-19)14-16-11-12-17-7-6-8-18(17)13-16/h3-5,9-13H,2,6-8,14-15H2,1H3. The van der Waals surface area contributed by atoms with Crippen LogP contribution in [0.15, 0.2) is 48.5 Å². The Kier molecular flexibility index (Phi) is 4.35. The minimum Gasteiger partial charge on any atom is -0.126 e. The van der Waals surface area contributed by atoms with E-state index in [1.807, 2.05) is 0 Å². The van der Waals surface area contributed by atoms with Crippen LogP contribution < -0.4 is 0 Å². The van der Waals surface area contributed by atoms with Crippen LogP contribution in [0.5, 0.6) is 0 Å². The van der Waals surface area contributed by atoms with Gasteiger partial charge in [0.25, 0.3) is 0 Å². The maximum atomic E-state index is 6.43. The maximum Gasteiger partial charge on any atom is 0.0323 e. The number of alkyl halides is 1. The molecule has 0 aromatic heterocycles. The normalized spacial score (nSPS) is 16.5. The van der Waals surface area contributed by atoms with E-state index in [2.05, 4.69) is 55.5 Å².